The number of hydrogen-bond donors (Lipinski definition) is 0. The van der Waals surface area contributed by atoms with Gasteiger partial charge in [0, 0.05) is 46.3 Å². The van der Waals surface area contributed by atoms with E-state index in [0.717, 1.165) is 62.2 Å². The molecule has 0 spiro atoms. The molecule has 8 rings (SSSR count). The summed E-state index contributed by atoms with van der Waals surface area (Å²) in [5, 5.41) is 7.43. The van der Waals surface area contributed by atoms with Gasteiger partial charge < -0.3 is 9.30 Å². The number of benzene rings is 4. The third-order valence-electron chi connectivity index (χ3n) is 10.9. The van der Waals surface area contributed by atoms with Crippen molar-refractivity contribution >= 4 is 21.8 Å². The summed E-state index contributed by atoms with van der Waals surface area (Å²) in [6.07, 6.45) is 5.45. The second-order valence-corrected chi connectivity index (χ2v) is 15.7. The van der Waals surface area contributed by atoms with Crippen molar-refractivity contribution in [2.24, 2.45) is 5.92 Å². The van der Waals surface area contributed by atoms with E-state index in [1.54, 1.807) is 0 Å². The van der Waals surface area contributed by atoms with Gasteiger partial charge in [-0.05, 0) is 85.8 Å². The number of rotatable bonds is 6. The quantitative estimate of drug-likeness (QED) is 0.123. The molecular formula is C47H46N4OPt. The molecule has 5 nitrogen and oxygen atoms in total. The SMILES string of the molecule is CC1=C[C@H](c2ccccc2)C[C@H](C)C1c1c(C)nn(-c2[c-]c(Oc3[c-]c4c(cc3)c3ccccc3n4-c3cc(C)ccn3)cc(C(C)(C)C)c2)c1C.[Pt+2]. The summed E-state index contributed by atoms with van der Waals surface area (Å²) in [6.45, 7) is 17.8. The molecule has 0 aliphatic heterocycles. The van der Waals surface area contributed by atoms with Crippen molar-refractivity contribution in [3.63, 3.8) is 0 Å². The number of pyridine rings is 1. The molecule has 7 aromatic rings. The molecule has 0 saturated heterocycles. The van der Waals surface area contributed by atoms with Crippen LogP contribution in [0.5, 0.6) is 11.5 Å². The topological polar surface area (TPSA) is 44.9 Å². The molecule has 3 heterocycles. The van der Waals surface area contributed by atoms with Crippen molar-refractivity contribution in [2.75, 3.05) is 0 Å². The van der Waals surface area contributed by atoms with Crippen molar-refractivity contribution in [1.82, 2.24) is 19.3 Å². The second kappa shape index (κ2) is 14.2. The third kappa shape index (κ3) is 6.81. The van der Waals surface area contributed by atoms with Gasteiger partial charge in [-0.3, -0.25) is 4.68 Å². The predicted octanol–water partition coefficient (Wildman–Crippen LogP) is 11.8. The molecular weight excluding hydrogens is 832 g/mol. The van der Waals surface area contributed by atoms with Crippen molar-refractivity contribution in [1.29, 1.82) is 0 Å². The zero-order valence-electron chi connectivity index (χ0n) is 31.8. The minimum absolute atomic E-state index is 0. The zero-order chi connectivity index (χ0) is 36.3. The van der Waals surface area contributed by atoms with Crippen molar-refractivity contribution in [2.45, 2.75) is 79.1 Å². The van der Waals surface area contributed by atoms with Gasteiger partial charge in [-0.1, -0.05) is 93.4 Å². The molecule has 1 aliphatic carbocycles. The van der Waals surface area contributed by atoms with Gasteiger partial charge in [0.2, 0.25) is 0 Å². The summed E-state index contributed by atoms with van der Waals surface area (Å²) in [6, 6.07) is 39.1. The van der Waals surface area contributed by atoms with E-state index < -0.39 is 0 Å². The Bertz CT molecular complexity index is 2480. The molecule has 0 amide bonds. The molecule has 3 aromatic heterocycles. The Hall–Kier alpha value is -4.73. The van der Waals surface area contributed by atoms with Crippen LogP contribution in [-0.4, -0.2) is 19.3 Å². The first-order chi connectivity index (χ1) is 25.0. The molecule has 1 aliphatic rings. The van der Waals surface area contributed by atoms with Crippen LogP contribution in [0.2, 0.25) is 0 Å². The van der Waals surface area contributed by atoms with E-state index in [1.165, 1.54) is 16.7 Å². The van der Waals surface area contributed by atoms with Gasteiger partial charge in [0.05, 0.1) is 5.69 Å². The number of ether oxygens (including phenoxy) is 1. The molecule has 0 fully saturated rings. The number of nitrogens with zero attached hydrogens (tertiary/aromatic N) is 4. The standard InChI is InChI=1S/C47H46N4O.Pt/c1-29-20-21-48-44(22-29)50-42-17-13-12-16-40(42)41-19-18-38(28-43(41)50)52-39-26-36(47(6,7)8)25-37(27-39)51-33(5)46(32(4)49-51)45-30(2)23-35(24-31(45)3)34-14-10-9-11-15-34;/h9-23,25-26,31,35,45H,24H2,1-8H3;/q-2;+2/t31-,35-,45?;/m0./s1. The maximum atomic E-state index is 6.68. The van der Waals surface area contributed by atoms with E-state index in [-0.39, 0.29) is 26.5 Å². The maximum Gasteiger partial charge on any atom is 2.00 e. The summed E-state index contributed by atoms with van der Waals surface area (Å²) in [7, 11) is 0. The van der Waals surface area contributed by atoms with Crippen LogP contribution in [-0.2, 0) is 26.5 Å². The summed E-state index contributed by atoms with van der Waals surface area (Å²) in [5.41, 5.74) is 11.4. The molecule has 0 N–H and O–H groups in total. The average molecular weight is 878 g/mol. The van der Waals surface area contributed by atoms with E-state index in [9.17, 15) is 0 Å². The Morgan fingerprint density at radius 2 is 1.57 bits per heavy atom. The second-order valence-electron chi connectivity index (χ2n) is 15.7. The van der Waals surface area contributed by atoms with E-state index in [0.29, 0.717) is 29.3 Å². The van der Waals surface area contributed by atoms with Crippen LogP contribution in [0, 0.1) is 38.8 Å². The van der Waals surface area contributed by atoms with Gasteiger partial charge in [-0.2, -0.15) is 11.2 Å². The van der Waals surface area contributed by atoms with Crippen LogP contribution in [0.25, 0.3) is 33.3 Å². The van der Waals surface area contributed by atoms with Crippen LogP contribution >= 0.6 is 0 Å². The Balaban J connectivity index is 0.00000435. The first-order valence-electron chi connectivity index (χ1n) is 18.4. The van der Waals surface area contributed by atoms with Crippen LogP contribution < -0.4 is 4.74 Å². The summed E-state index contributed by atoms with van der Waals surface area (Å²) in [4.78, 5) is 4.74. The summed E-state index contributed by atoms with van der Waals surface area (Å²) >= 11 is 0. The van der Waals surface area contributed by atoms with Gasteiger partial charge in [-0.25, -0.2) is 4.98 Å². The van der Waals surface area contributed by atoms with Crippen LogP contribution in [0.15, 0.2) is 109 Å². The minimum Gasteiger partial charge on any atom is -0.509 e. The number of allylic oxidation sites excluding steroid dienone is 2. The summed E-state index contributed by atoms with van der Waals surface area (Å²) < 4.78 is 10.9. The normalized spacial score (nSPS) is 17.5. The largest absolute Gasteiger partial charge is 2.00 e. The van der Waals surface area contributed by atoms with Crippen molar-refractivity contribution < 1.29 is 25.8 Å². The molecule has 0 radical (unpaired) electrons. The third-order valence-corrected chi connectivity index (χ3v) is 10.9. The minimum atomic E-state index is -0.124. The molecule has 53 heavy (non-hydrogen) atoms. The van der Waals surface area contributed by atoms with Crippen LogP contribution in [0.4, 0.5) is 0 Å². The van der Waals surface area contributed by atoms with Crippen LogP contribution in [0.1, 0.15) is 86.5 Å². The smallest absolute Gasteiger partial charge is 0.509 e. The molecule has 3 atom stereocenters. The van der Waals surface area contributed by atoms with Crippen LogP contribution in [0.3, 0.4) is 0 Å². The average Bonchev–Trinajstić information content (AvgIpc) is 3.60. The Morgan fingerprint density at radius 3 is 2.30 bits per heavy atom. The number of aryl methyl sites for hydroxylation is 2. The molecule has 0 saturated carbocycles. The summed E-state index contributed by atoms with van der Waals surface area (Å²) in [5.74, 6) is 3.34. The first-order valence-corrected chi connectivity index (χ1v) is 18.4. The monoisotopic (exact) mass is 877 g/mol. The van der Waals surface area contributed by atoms with E-state index in [1.807, 2.05) is 18.3 Å². The Labute approximate surface area is 328 Å². The predicted molar refractivity (Wildman–Crippen MR) is 212 cm³/mol. The van der Waals surface area contributed by atoms with E-state index >= 15 is 0 Å². The fraction of sp³-hybridized carbons (Fsp3) is 0.277. The maximum absolute atomic E-state index is 6.68. The fourth-order valence-electron chi connectivity index (χ4n) is 8.32. The molecule has 1 unspecified atom stereocenters. The van der Waals surface area contributed by atoms with Gasteiger partial charge in [-0.15, -0.1) is 41.3 Å². The molecule has 6 heteroatoms. The molecule has 270 valence electrons. The van der Waals surface area contributed by atoms with Crippen molar-refractivity contribution in [3.05, 3.63) is 155 Å². The van der Waals surface area contributed by atoms with Crippen molar-refractivity contribution in [3.8, 4) is 23.0 Å². The number of aromatic nitrogens is 4. The Kier molecular flexibility index (Phi) is 9.85. The van der Waals surface area contributed by atoms with E-state index in [2.05, 4.69) is 162 Å². The fourth-order valence-corrected chi connectivity index (χ4v) is 8.32. The van der Waals surface area contributed by atoms with Gasteiger partial charge in [0.25, 0.3) is 0 Å². The van der Waals surface area contributed by atoms with E-state index in [4.69, 9.17) is 14.8 Å². The van der Waals surface area contributed by atoms with Gasteiger partial charge >= 0.3 is 21.1 Å². The Morgan fingerprint density at radius 1 is 0.811 bits per heavy atom. The number of para-hydroxylation sites is 1. The van der Waals surface area contributed by atoms with Gasteiger partial charge in [0.15, 0.2) is 0 Å². The first kappa shape index (κ1) is 36.6. The number of hydrogen-bond acceptors (Lipinski definition) is 3. The molecule has 0 bridgehead atoms. The number of fused-ring (bicyclic) bond motifs is 3. The van der Waals surface area contributed by atoms with Gasteiger partial charge in [0.1, 0.15) is 5.82 Å². The molecule has 4 aromatic carbocycles. The zero-order valence-corrected chi connectivity index (χ0v) is 34.0.